The number of carbonyl (C=O) groups excluding carboxylic acids is 2. The van der Waals surface area contributed by atoms with Crippen LogP contribution in [-0.4, -0.2) is 35.8 Å². The van der Waals surface area contributed by atoms with E-state index in [0.717, 1.165) is 12.3 Å². The minimum atomic E-state index is -0.142. The second kappa shape index (κ2) is 6.55. The normalized spacial score (nSPS) is 14.1. The summed E-state index contributed by atoms with van der Waals surface area (Å²) in [5, 5.41) is 9.72. The summed E-state index contributed by atoms with van der Waals surface area (Å²) in [6.07, 6.45) is 0.259. The molecule has 1 aliphatic rings. The number of hydrogen-bond donors (Lipinski definition) is 2. The second-order valence-electron chi connectivity index (χ2n) is 3.60. The lowest BCUT2D eigenvalue weighted by molar-refractivity contribution is -0.119. The lowest BCUT2D eigenvalue weighted by atomic mass is 10.3. The maximum atomic E-state index is 11.6. The first-order valence-corrected chi connectivity index (χ1v) is 7.46. The first kappa shape index (κ1) is 13.1. The summed E-state index contributed by atoms with van der Waals surface area (Å²) in [6, 6.07) is 1.75. The number of nitrogens with one attached hydrogen (secondary N) is 2. The zero-order valence-corrected chi connectivity index (χ0v) is 11.3. The Bertz CT molecular complexity index is 457. The van der Waals surface area contributed by atoms with E-state index in [1.165, 1.54) is 11.3 Å². The standard InChI is InChI=1S/C11H13N3O2S2/c15-9(14-11-13-4-6-18-11)1-3-12-10(16)8-2-5-17-7-8/h2,5,7H,1,3-4,6H2,(H,12,16)(H,13,14,15). The van der Waals surface area contributed by atoms with Crippen LogP contribution in [0.1, 0.15) is 16.8 Å². The van der Waals surface area contributed by atoms with Crippen LogP contribution < -0.4 is 10.6 Å². The molecule has 0 aliphatic carbocycles. The fourth-order valence-electron chi connectivity index (χ4n) is 1.38. The topological polar surface area (TPSA) is 70.6 Å². The highest BCUT2D eigenvalue weighted by Crippen LogP contribution is 2.08. The van der Waals surface area contributed by atoms with Gasteiger partial charge in [0.25, 0.3) is 5.91 Å². The smallest absolute Gasteiger partial charge is 0.252 e. The van der Waals surface area contributed by atoms with Crippen molar-refractivity contribution < 1.29 is 9.59 Å². The molecule has 0 fully saturated rings. The number of aliphatic imine (C=N–C) groups is 1. The van der Waals surface area contributed by atoms with E-state index in [-0.39, 0.29) is 18.2 Å². The maximum Gasteiger partial charge on any atom is 0.252 e. The molecule has 0 radical (unpaired) electrons. The second-order valence-corrected chi connectivity index (χ2v) is 5.47. The quantitative estimate of drug-likeness (QED) is 0.869. The van der Waals surface area contributed by atoms with Crippen molar-refractivity contribution in [3.8, 4) is 0 Å². The van der Waals surface area contributed by atoms with Crippen LogP contribution in [0.4, 0.5) is 0 Å². The van der Waals surface area contributed by atoms with Crippen molar-refractivity contribution in [3.05, 3.63) is 22.4 Å². The highest BCUT2D eigenvalue weighted by molar-refractivity contribution is 8.14. The van der Waals surface area contributed by atoms with E-state index >= 15 is 0 Å². The number of thiophene rings is 1. The van der Waals surface area contributed by atoms with Gasteiger partial charge in [-0.3, -0.25) is 14.6 Å². The van der Waals surface area contributed by atoms with Gasteiger partial charge in [-0.15, -0.1) is 0 Å². The molecule has 0 aromatic carbocycles. The number of amides is 2. The van der Waals surface area contributed by atoms with Gasteiger partial charge in [0.2, 0.25) is 5.91 Å². The first-order chi connectivity index (χ1) is 8.75. The lowest BCUT2D eigenvalue weighted by Crippen LogP contribution is -2.32. The molecular weight excluding hydrogens is 270 g/mol. The third-order valence-electron chi connectivity index (χ3n) is 2.25. The Hall–Kier alpha value is -1.34. The van der Waals surface area contributed by atoms with Crippen LogP contribution in [-0.2, 0) is 4.79 Å². The Balaban J connectivity index is 1.66. The van der Waals surface area contributed by atoms with Crippen molar-refractivity contribution in [2.24, 2.45) is 4.99 Å². The predicted molar refractivity (Wildman–Crippen MR) is 74.2 cm³/mol. The molecule has 2 rings (SSSR count). The molecule has 1 aromatic heterocycles. The van der Waals surface area contributed by atoms with Crippen molar-refractivity contribution in [1.29, 1.82) is 0 Å². The van der Waals surface area contributed by atoms with Gasteiger partial charge in [-0.2, -0.15) is 11.3 Å². The molecule has 0 saturated heterocycles. The van der Waals surface area contributed by atoms with Crippen molar-refractivity contribution in [2.45, 2.75) is 6.42 Å². The highest BCUT2D eigenvalue weighted by Gasteiger charge is 2.11. The third-order valence-corrected chi connectivity index (χ3v) is 3.83. The Morgan fingerprint density at radius 3 is 3.00 bits per heavy atom. The van der Waals surface area contributed by atoms with E-state index in [1.54, 1.807) is 23.2 Å². The van der Waals surface area contributed by atoms with Gasteiger partial charge >= 0.3 is 0 Å². The molecule has 2 amide bonds. The SMILES string of the molecule is O=C(CCNC(=O)c1ccsc1)NC1=NCCS1. The summed E-state index contributed by atoms with van der Waals surface area (Å²) in [6.45, 7) is 1.09. The van der Waals surface area contributed by atoms with Crippen LogP contribution in [0.3, 0.4) is 0 Å². The summed E-state index contributed by atoms with van der Waals surface area (Å²) < 4.78 is 0. The number of thioether (sulfide) groups is 1. The Morgan fingerprint density at radius 1 is 1.44 bits per heavy atom. The van der Waals surface area contributed by atoms with Crippen LogP contribution in [0.25, 0.3) is 0 Å². The average Bonchev–Trinajstić information content (AvgIpc) is 3.00. The van der Waals surface area contributed by atoms with Gasteiger partial charge in [0, 0.05) is 29.7 Å². The molecule has 1 aliphatic heterocycles. The van der Waals surface area contributed by atoms with Gasteiger partial charge in [0.1, 0.15) is 0 Å². The molecule has 2 N–H and O–H groups in total. The van der Waals surface area contributed by atoms with E-state index in [2.05, 4.69) is 15.6 Å². The van der Waals surface area contributed by atoms with Gasteiger partial charge in [-0.05, 0) is 11.4 Å². The van der Waals surface area contributed by atoms with Crippen LogP contribution >= 0.6 is 23.1 Å². The average molecular weight is 283 g/mol. The predicted octanol–water partition coefficient (Wildman–Crippen LogP) is 1.09. The summed E-state index contributed by atoms with van der Waals surface area (Å²) in [7, 11) is 0. The van der Waals surface area contributed by atoms with Gasteiger partial charge in [-0.25, -0.2) is 0 Å². The molecule has 0 unspecified atom stereocenters. The van der Waals surface area contributed by atoms with Crippen molar-refractivity contribution >= 4 is 40.1 Å². The molecule has 2 heterocycles. The molecule has 0 saturated carbocycles. The number of rotatable bonds is 4. The number of carbonyl (C=O) groups is 2. The monoisotopic (exact) mass is 283 g/mol. The summed E-state index contributed by atoms with van der Waals surface area (Å²) in [5.74, 6) is 0.662. The Kier molecular flexibility index (Phi) is 4.77. The van der Waals surface area contributed by atoms with Crippen molar-refractivity contribution in [3.63, 3.8) is 0 Å². The molecule has 18 heavy (non-hydrogen) atoms. The van der Waals surface area contributed by atoms with Crippen molar-refractivity contribution in [2.75, 3.05) is 18.8 Å². The summed E-state index contributed by atoms with van der Waals surface area (Å²) in [5.41, 5.74) is 0.635. The molecule has 96 valence electrons. The zero-order valence-electron chi connectivity index (χ0n) is 9.64. The van der Waals surface area contributed by atoms with E-state index in [4.69, 9.17) is 0 Å². The maximum absolute atomic E-state index is 11.6. The summed E-state index contributed by atoms with van der Waals surface area (Å²) >= 11 is 3.01. The lowest BCUT2D eigenvalue weighted by Gasteiger charge is -2.05. The van der Waals surface area contributed by atoms with Crippen LogP contribution in [0.15, 0.2) is 21.8 Å². The minimum Gasteiger partial charge on any atom is -0.351 e. The fraction of sp³-hybridized carbons (Fsp3) is 0.364. The molecule has 1 aromatic rings. The largest absolute Gasteiger partial charge is 0.351 e. The first-order valence-electron chi connectivity index (χ1n) is 5.53. The number of hydrogen-bond acceptors (Lipinski definition) is 5. The van der Waals surface area contributed by atoms with E-state index in [9.17, 15) is 9.59 Å². The fourth-order valence-corrected chi connectivity index (χ4v) is 2.76. The molecule has 0 spiro atoms. The molecule has 0 atom stereocenters. The van der Waals surface area contributed by atoms with Crippen LogP contribution in [0.2, 0.25) is 0 Å². The van der Waals surface area contributed by atoms with E-state index in [1.807, 2.05) is 5.38 Å². The van der Waals surface area contributed by atoms with E-state index < -0.39 is 0 Å². The summed E-state index contributed by atoms with van der Waals surface area (Å²) in [4.78, 5) is 27.2. The van der Waals surface area contributed by atoms with Crippen molar-refractivity contribution in [1.82, 2.24) is 10.6 Å². The Morgan fingerprint density at radius 2 is 2.33 bits per heavy atom. The van der Waals surface area contributed by atoms with Gasteiger partial charge < -0.3 is 10.6 Å². The Labute approximate surface area is 113 Å². The molecule has 5 nitrogen and oxygen atoms in total. The zero-order chi connectivity index (χ0) is 12.8. The van der Waals surface area contributed by atoms with Crippen LogP contribution in [0.5, 0.6) is 0 Å². The highest BCUT2D eigenvalue weighted by atomic mass is 32.2. The van der Waals surface area contributed by atoms with Gasteiger partial charge in [0.05, 0.1) is 6.54 Å². The number of nitrogens with zero attached hydrogens (tertiary/aromatic N) is 1. The molecule has 0 bridgehead atoms. The minimum absolute atomic E-state index is 0.117. The van der Waals surface area contributed by atoms with E-state index in [0.29, 0.717) is 17.3 Å². The van der Waals surface area contributed by atoms with Gasteiger partial charge in [-0.1, -0.05) is 11.8 Å². The molecule has 7 heteroatoms. The van der Waals surface area contributed by atoms with Crippen LogP contribution in [0, 0.1) is 0 Å². The number of amidine groups is 1. The third kappa shape index (κ3) is 3.85. The van der Waals surface area contributed by atoms with Gasteiger partial charge in [0.15, 0.2) is 5.17 Å². The molecular formula is C11H13N3O2S2.